The van der Waals surface area contributed by atoms with Crippen molar-refractivity contribution in [2.45, 2.75) is 13.0 Å². The van der Waals surface area contributed by atoms with E-state index in [1.54, 1.807) is 13.3 Å². The average molecular weight is 390 g/mol. The van der Waals surface area contributed by atoms with Crippen LogP contribution in [0.4, 0.5) is 17.5 Å². The van der Waals surface area contributed by atoms with Gasteiger partial charge < -0.3 is 19.9 Å². The molecule has 4 rings (SSSR count). The van der Waals surface area contributed by atoms with Crippen LogP contribution in [0.5, 0.6) is 5.75 Å². The summed E-state index contributed by atoms with van der Waals surface area (Å²) < 4.78 is 5.24. The molecule has 0 bridgehead atoms. The van der Waals surface area contributed by atoms with Crippen LogP contribution < -0.4 is 19.9 Å². The van der Waals surface area contributed by atoms with Gasteiger partial charge in [-0.05, 0) is 36.8 Å². The summed E-state index contributed by atoms with van der Waals surface area (Å²) in [5, 5.41) is 11.7. The van der Waals surface area contributed by atoms with Crippen molar-refractivity contribution in [3.8, 4) is 5.75 Å². The number of nitrogens with one attached hydrogen (secondary N) is 1. The van der Waals surface area contributed by atoms with E-state index in [1.165, 1.54) is 11.3 Å². The Bertz CT molecular complexity index is 910. The number of rotatable bonds is 6. The van der Waals surface area contributed by atoms with Gasteiger partial charge in [-0.25, -0.2) is 0 Å². The molecule has 7 nitrogen and oxygen atoms in total. The van der Waals surface area contributed by atoms with E-state index in [0.717, 1.165) is 37.7 Å². The van der Waals surface area contributed by atoms with E-state index in [2.05, 4.69) is 61.5 Å². The second-order valence-electron chi connectivity index (χ2n) is 7.09. The van der Waals surface area contributed by atoms with E-state index >= 15 is 0 Å². The Balaban J connectivity index is 1.38. The van der Waals surface area contributed by atoms with E-state index in [1.807, 2.05) is 30.3 Å². The third-order valence-electron chi connectivity index (χ3n) is 5.23. The largest absolute Gasteiger partial charge is 0.497 e. The maximum absolute atomic E-state index is 5.24. The summed E-state index contributed by atoms with van der Waals surface area (Å²) in [6, 6.07) is 18.6. The molecule has 1 fully saturated rings. The third-order valence-corrected chi connectivity index (χ3v) is 5.23. The number of nitrogens with zero attached hydrogens (tertiary/aromatic N) is 5. The Kier molecular flexibility index (Phi) is 5.74. The maximum Gasteiger partial charge on any atom is 0.245 e. The minimum atomic E-state index is 0.111. The molecule has 1 aromatic heterocycles. The van der Waals surface area contributed by atoms with Gasteiger partial charge in [-0.1, -0.05) is 30.3 Å². The lowest BCUT2D eigenvalue weighted by Crippen LogP contribution is -2.47. The van der Waals surface area contributed by atoms with E-state index in [-0.39, 0.29) is 6.04 Å². The Morgan fingerprint density at radius 3 is 2.31 bits per heavy atom. The predicted molar refractivity (Wildman–Crippen MR) is 116 cm³/mol. The van der Waals surface area contributed by atoms with Gasteiger partial charge in [0.1, 0.15) is 5.75 Å². The average Bonchev–Trinajstić information content (AvgIpc) is 2.80. The Morgan fingerprint density at radius 1 is 0.931 bits per heavy atom. The van der Waals surface area contributed by atoms with Gasteiger partial charge in [0.25, 0.3) is 0 Å². The Hall–Kier alpha value is -3.35. The van der Waals surface area contributed by atoms with Crippen LogP contribution in [0.3, 0.4) is 0 Å². The molecule has 3 aromatic rings. The third kappa shape index (κ3) is 4.56. The lowest BCUT2D eigenvalue weighted by molar-refractivity contribution is 0.415. The zero-order valence-electron chi connectivity index (χ0n) is 16.8. The van der Waals surface area contributed by atoms with E-state index in [9.17, 15) is 0 Å². The van der Waals surface area contributed by atoms with Crippen LogP contribution in [-0.4, -0.2) is 48.5 Å². The lowest BCUT2D eigenvalue weighted by Gasteiger charge is -2.36. The summed E-state index contributed by atoms with van der Waals surface area (Å²) in [7, 11) is 1.69. The summed E-state index contributed by atoms with van der Waals surface area (Å²) >= 11 is 0. The molecule has 1 N–H and O–H groups in total. The summed E-state index contributed by atoms with van der Waals surface area (Å²) in [4.78, 5) is 9.32. The minimum absolute atomic E-state index is 0.111. The first kappa shape index (κ1) is 19.0. The van der Waals surface area contributed by atoms with Crippen LogP contribution in [0.15, 0.2) is 60.8 Å². The van der Waals surface area contributed by atoms with Gasteiger partial charge in [0.15, 0.2) is 5.82 Å². The topological polar surface area (TPSA) is 66.4 Å². The molecule has 0 radical (unpaired) electrons. The highest BCUT2D eigenvalue weighted by atomic mass is 16.5. The van der Waals surface area contributed by atoms with Gasteiger partial charge in [0.05, 0.1) is 19.3 Å². The molecule has 1 unspecified atom stereocenters. The van der Waals surface area contributed by atoms with E-state index < -0.39 is 0 Å². The van der Waals surface area contributed by atoms with Crippen LogP contribution in [-0.2, 0) is 0 Å². The number of ether oxygens (including phenoxy) is 1. The molecule has 0 spiro atoms. The molecule has 0 aliphatic carbocycles. The van der Waals surface area contributed by atoms with E-state index in [4.69, 9.17) is 4.74 Å². The monoisotopic (exact) mass is 390 g/mol. The molecule has 2 aromatic carbocycles. The summed E-state index contributed by atoms with van der Waals surface area (Å²) in [6.45, 7) is 5.73. The SMILES string of the molecule is COc1ccc(N2CCN(c3cnnc(NC(C)c4ccccc4)n3)CC2)cc1. The molecular weight excluding hydrogens is 364 g/mol. The van der Waals surface area contributed by atoms with Crippen LogP contribution in [0, 0.1) is 0 Å². The number of anilines is 3. The first-order valence-corrected chi connectivity index (χ1v) is 9.88. The molecule has 1 saturated heterocycles. The molecule has 7 heteroatoms. The van der Waals surface area contributed by atoms with Crippen molar-refractivity contribution in [3.05, 3.63) is 66.4 Å². The van der Waals surface area contributed by atoms with Crippen molar-refractivity contribution in [1.82, 2.24) is 15.2 Å². The zero-order valence-corrected chi connectivity index (χ0v) is 16.8. The van der Waals surface area contributed by atoms with Crippen molar-refractivity contribution >= 4 is 17.5 Å². The van der Waals surface area contributed by atoms with Gasteiger partial charge in [-0.3, -0.25) is 0 Å². The molecule has 2 heterocycles. The Labute approximate surface area is 171 Å². The number of piperazine rings is 1. The van der Waals surface area contributed by atoms with Crippen LogP contribution in [0.2, 0.25) is 0 Å². The second-order valence-corrected chi connectivity index (χ2v) is 7.09. The van der Waals surface area contributed by atoms with Gasteiger partial charge >= 0.3 is 0 Å². The Morgan fingerprint density at radius 2 is 1.62 bits per heavy atom. The predicted octanol–water partition coefficient (Wildman–Crippen LogP) is 3.38. The van der Waals surface area contributed by atoms with E-state index in [0.29, 0.717) is 5.95 Å². The quantitative estimate of drug-likeness (QED) is 0.692. The van der Waals surface area contributed by atoms with Crippen molar-refractivity contribution in [2.24, 2.45) is 0 Å². The highest BCUT2D eigenvalue weighted by Gasteiger charge is 2.19. The molecule has 1 aliphatic heterocycles. The summed E-state index contributed by atoms with van der Waals surface area (Å²) in [5.41, 5.74) is 2.40. The smallest absolute Gasteiger partial charge is 0.245 e. The van der Waals surface area contributed by atoms with Crippen LogP contribution >= 0.6 is 0 Å². The lowest BCUT2D eigenvalue weighted by atomic mass is 10.1. The molecule has 0 saturated carbocycles. The van der Waals surface area contributed by atoms with Gasteiger partial charge in [-0.15, -0.1) is 5.10 Å². The number of aromatic nitrogens is 3. The summed E-state index contributed by atoms with van der Waals surface area (Å²) in [5.74, 6) is 2.29. The number of methoxy groups -OCH3 is 1. The number of benzene rings is 2. The molecule has 29 heavy (non-hydrogen) atoms. The normalized spacial score (nSPS) is 15.1. The van der Waals surface area contributed by atoms with Gasteiger partial charge in [-0.2, -0.15) is 10.1 Å². The minimum Gasteiger partial charge on any atom is -0.497 e. The van der Waals surface area contributed by atoms with Crippen molar-refractivity contribution in [1.29, 1.82) is 0 Å². The van der Waals surface area contributed by atoms with Gasteiger partial charge in [0.2, 0.25) is 5.95 Å². The van der Waals surface area contributed by atoms with Crippen LogP contribution in [0.25, 0.3) is 0 Å². The van der Waals surface area contributed by atoms with Crippen molar-refractivity contribution in [2.75, 3.05) is 48.4 Å². The maximum atomic E-state index is 5.24. The highest BCUT2D eigenvalue weighted by Crippen LogP contribution is 2.23. The van der Waals surface area contributed by atoms with Crippen LogP contribution in [0.1, 0.15) is 18.5 Å². The fourth-order valence-corrected chi connectivity index (χ4v) is 3.51. The molecule has 1 atom stereocenters. The fourth-order valence-electron chi connectivity index (χ4n) is 3.51. The first-order chi connectivity index (χ1) is 14.2. The summed E-state index contributed by atoms with van der Waals surface area (Å²) in [6.07, 6.45) is 1.74. The van der Waals surface area contributed by atoms with Crippen molar-refractivity contribution in [3.63, 3.8) is 0 Å². The molecule has 150 valence electrons. The molecular formula is C22H26N6O. The molecule has 1 aliphatic rings. The highest BCUT2D eigenvalue weighted by molar-refractivity contribution is 5.51. The number of hydrogen-bond acceptors (Lipinski definition) is 7. The standard InChI is InChI=1S/C22H26N6O/c1-17(18-6-4-3-5-7-18)24-22-25-21(16-23-26-22)28-14-12-27(13-15-28)19-8-10-20(29-2)11-9-19/h3-11,16-17H,12-15H2,1-2H3,(H,24,25,26). The second kappa shape index (κ2) is 8.77. The first-order valence-electron chi connectivity index (χ1n) is 9.88. The fraction of sp³-hybridized carbons (Fsp3) is 0.318. The number of hydrogen-bond donors (Lipinski definition) is 1. The van der Waals surface area contributed by atoms with Gasteiger partial charge in [0, 0.05) is 31.9 Å². The molecule has 0 amide bonds. The zero-order chi connectivity index (χ0) is 20.1. The van der Waals surface area contributed by atoms with Crippen molar-refractivity contribution < 1.29 is 4.74 Å².